The number of hydrogen-bond acceptors (Lipinski definition) is 4. The van der Waals surface area contributed by atoms with Crippen LogP contribution in [-0.4, -0.2) is 36.6 Å². The van der Waals surface area contributed by atoms with Crippen molar-refractivity contribution >= 4 is 24.2 Å². The lowest BCUT2D eigenvalue weighted by atomic mass is 9.54. The van der Waals surface area contributed by atoms with Crippen molar-refractivity contribution < 1.29 is 14.3 Å². The van der Waals surface area contributed by atoms with Gasteiger partial charge in [-0.05, 0) is 12.5 Å². The summed E-state index contributed by atoms with van der Waals surface area (Å²) in [5.74, 6) is -0.320. The fourth-order valence-electron chi connectivity index (χ4n) is 3.15. The molecule has 2 atom stereocenters. The molecule has 2 unspecified atom stereocenters. The van der Waals surface area contributed by atoms with Crippen molar-refractivity contribution in [2.24, 2.45) is 11.1 Å². The van der Waals surface area contributed by atoms with E-state index in [0.717, 1.165) is 5.56 Å². The van der Waals surface area contributed by atoms with Gasteiger partial charge in [0, 0.05) is 38.0 Å². The van der Waals surface area contributed by atoms with Gasteiger partial charge in [0.05, 0.1) is 6.10 Å². The lowest BCUT2D eigenvalue weighted by Crippen LogP contribution is -2.75. The van der Waals surface area contributed by atoms with Crippen LogP contribution < -0.4 is 16.4 Å². The first-order chi connectivity index (χ1) is 11.8. The highest BCUT2D eigenvalue weighted by Gasteiger charge is 2.62. The van der Waals surface area contributed by atoms with Crippen LogP contribution in [-0.2, 0) is 20.9 Å². The zero-order valence-corrected chi connectivity index (χ0v) is 16.5. The van der Waals surface area contributed by atoms with Crippen LogP contribution in [0.1, 0.15) is 39.2 Å². The molecule has 1 aliphatic carbocycles. The van der Waals surface area contributed by atoms with Crippen LogP contribution in [0.3, 0.4) is 0 Å². The third-order valence-electron chi connectivity index (χ3n) is 5.21. The molecule has 1 aromatic rings. The van der Waals surface area contributed by atoms with Crippen molar-refractivity contribution in [3.63, 3.8) is 0 Å². The van der Waals surface area contributed by atoms with Gasteiger partial charge in [-0.3, -0.25) is 9.59 Å². The van der Waals surface area contributed by atoms with E-state index in [1.54, 1.807) is 0 Å². The van der Waals surface area contributed by atoms with E-state index in [9.17, 15) is 9.59 Å². The molecule has 26 heavy (non-hydrogen) atoms. The number of carbonyl (C=O) groups excluding carboxylic acids is 2. The van der Waals surface area contributed by atoms with Crippen molar-refractivity contribution in [3.8, 4) is 0 Å². The number of ether oxygens (including phenoxy) is 1. The maximum Gasteiger partial charge on any atom is 0.240 e. The topological polar surface area (TPSA) is 93.4 Å². The standard InChI is InChI=1S/C19H29N3O3.ClH/c1-4-25-15-12-19(20,18(15,2)3)17(24)21-11-10-16(23)22-13-14-8-6-5-7-9-14;/h5-9,15H,4,10-13,20H2,1-3H3,(H,21,24)(H,22,23);1H. The van der Waals surface area contributed by atoms with E-state index in [1.165, 1.54) is 0 Å². The first-order valence-electron chi connectivity index (χ1n) is 8.80. The summed E-state index contributed by atoms with van der Waals surface area (Å²) >= 11 is 0. The molecule has 0 aromatic heterocycles. The lowest BCUT2D eigenvalue weighted by Gasteiger charge is -2.57. The van der Waals surface area contributed by atoms with Crippen LogP contribution >= 0.6 is 12.4 Å². The van der Waals surface area contributed by atoms with Gasteiger partial charge in [0.25, 0.3) is 0 Å². The second-order valence-corrected chi connectivity index (χ2v) is 7.11. The fraction of sp³-hybridized carbons (Fsp3) is 0.579. The summed E-state index contributed by atoms with van der Waals surface area (Å²) in [6.45, 7) is 7.19. The molecule has 146 valence electrons. The molecule has 1 aromatic carbocycles. The van der Waals surface area contributed by atoms with Crippen LogP contribution in [0.15, 0.2) is 30.3 Å². The van der Waals surface area contributed by atoms with Crippen molar-refractivity contribution in [1.29, 1.82) is 0 Å². The smallest absolute Gasteiger partial charge is 0.240 e. The number of halogens is 1. The summed E-state index contributed by atoms with van der Waals surface area (Å²) in [5.41, 5.74) is 5.97. The van der Waals surface area contributed by atoms with Gasteiger partial charge in [0.1, 0.15) is 5.54 Å². The SMILES string of the molecule is CCOC1CC(N)(C(=O)NCCC(=O)NCc2ccccc2)C1(C)C.Cl. The van der Waals surface area contributed by atoms with Crippen molar-refractivity contribution in [2.45, 2.75) is 51.8 Å². The summed E-state index contributed by atoms with van der Waals surface area (Å²) in [6, 6.07) is 9.69. The zero-order chi connectivity index (χ0) is 18.5. The Morgan fingerprint density at radius 3 is 2.46 bits per heavy atom. The van der Waals surface area contributed by atoms with E-state index in [2.05, 4.69) is 10.6 Å². The Kier molecular flexibility index (Phi) is 8.06. The minimum Gasteiger partial charge on any atom is -0.378 e. The minimum atomic E-state index is -0.951. The van der Waals surface area contributed by atoms with Crippen LogP contribution in [0, 0.1) is 5.41 Å². The predicted octanol–water partition coefficient (Wildman–Crippen LogP) is 1.76. The lowest BCUT2D eigenvalue weighted by molar-refractivity contribution is -0.170. The molecule has 7 heteroatoms. The Labute approximate surface area is 161 Å². The molecule has 0 radical (unpaired) electrons. The molecule has 0 heterocycles. The first-order valence-corrected chi connectivity index (χ1v) is 8.80. The van der Waals surface area contributed by atoms with Gasteiger partial charge < -0.3 is 21.1 Å². The molecule has 1 aliphatic rings. The third-order valence-corrected chi connectivity index (χ3v) is 5.21. The van der Waals surface area contributed by atoms with Crippen molar-refractivity contribution in [1.82, 2.24) is 10.6 Å². The molecule has 0 saturated heterocycles. The summed E-state index contributed by atoms with van der Waals surface area (Å²) in [6.07, 6.45) is 0.714. The van der Waals surface area contributed by atoms with E-state index in [4.69, 9.17) is 10.5 Å². The van der Waals surface area contributed by atoms with E-state index in [1.807, 2.05) is 51.1 Å². The average Bonchev–Trinajstić information content (AvgIpc) is 2.60. The van der Waals surface area contributed by atoms with E-state index in [-0.39, 0.29) is 43.3 Å². The predicted molar refractivity (Wildman–Crippen MR) is 104 cm³/mol. The van der Waals surface area contributed by atoms with Gasteiger partial charge in [-0.15, -0.1) is 12.4 Å². The maximum absolute atomic E-state index is 12.4. The van der Waals surface area contributed by atoms with E-state index >= 15 is 0 Å². The summed E-state index contributed by atoms with van der Waals surface area (Å²) in [4.78, 5) is 24.3. The number of rotatable bonds is 8. The number of amides is 2. The largest absolute Gasteiger partial charge is 0.378 e. The number of benzene rings is 1. The van der Waals surface area contributed by atoms with Crippen LogP contribution in [0.5, 0.6) is 0 Å². The van der Waals surface area contributed by atoms with Crippen LogP contribution in [0.2, 0.25) is 0 Å². The molecule has 0 bridgehead atoms. The summed E-state index contributed by atoms with van der Waals surface area (Å²) in [5, 5.41) is 5.63. The van der Waals surface area contributed by atoms with E-state index < -0.39 is 11.0 Å². The second-order valence-electron chi connectivity index (χ2n) is 7.11. The average molecular weight is 384 g/mol. The normalized spacial score (nSPS) is 23.3. The van der Waals surface area contributed by atoms with Crippen LogP contribution in [0.25, 0.3) is 0 Å². The number of carbonyl (C=O) groups is 2. The van der Waals surface area contributed by atoms with Gasteiger partial charge >= 0.3 is 0 Å². The highest BCUT2D eigenvalue weighted by Crippen LogP contribution is 2.49. The van der Waals surface area contributed by atoms with Gasteiger partial charge in [-0.1, -0.05) is 44.2 Å². The Morgan fingerprint density at radius 1 is 1.23 bits per heavy atom. The quantitative estimate of drug-likeness (QED) is 0.637. The first kappa shape index (κ1) is 22.4. The number of nitrogens with one attached hydrogen (secondary N) is 2. The fourth-order valence-corrected chi connectivity index (χ4v) is 3.15. The highest BCUT2D eigenvalue weighted by atomic mass is 35.5. The zero-order valence-electron chi connectivity index (χ0n) is 15.7. The van der Waals surface area contributed by atoms with Crippen molar-refractivity contribution in [3.05, 3.63) is 35.9 Å². The third kappa shape index (κ3) is 4.75. The van der Waals surface area contributed by atoms with Gasteiger partial charge in [0.2, 0.25) is 11.8 Å². The van der Waals surface area contributed by atoms with Gasteiger partial charge in [0.15, 0.2) is 0 Å². The van der Waals surface area contributed by atoms with E-state index in [0.29, 0.717) is 19.6 Å². The summed E-state index contributed by atoms with van der Waals surface area (Å²) < 4.78 is 5.63. The number of hydrogen-bond donors (Lipinski definition) is 3. The Hall–Kier alpha value is -1.63. The summed E-state index contributed by atoms with van der Waals surface area (Å²) in [7, 11) is 0. The van der Waals surface area contributed by atoms with Crippen molar-refractivity contribution in [2.75, 3.05) is 13.2 Å². The molecular formula is C19H30ClN3O3. The van der Waals surface area contributed by atoms with Gasteiger partial charge in [-0.25, -0.2) is 0 Å². The molecule has 2 amide bonds. The Bertz CT molecular complexity index is 609. The maximum atomic E-state index is 12.4. The molecule has 2 rings (SSSR count). The molecule has 1 saturated carbocycles. The molecular weight excluding hydrogens is 354 g/mol. The number of nitrogens with two attached hydrogens (primary N) is 1. The molecule has 1 fully saturated rings. The van der Waals surface area contributed by atoms with Gasteiger partial charge in [-0.2, -0.15) is 0 Å². The Balaban J connectivity index is 0.00000338. The second kappa shape index (κ2) is 9.35. The van der Waals surface area contributed by atoms with Crippen LogP contribution in [0.4, 0.5) is 0 Å². The minimum absolute atomic E-state index is 0. The Morgan fingerprint density at radius 2 is 1.88 bits per heavy atom. The highest BCUT2D eigenvalue weighted by molar-refractivity contribution is 5.89. The molecule has 0 spiro atoms. The monoisotopic (exact) mass is 383 g/mol. The molecule has 0 aliphatic heterocycles. The molecule has 4 N–H and O–H groups in total. The molecule has 6 nitrogen and oxygen atoms in total.